The van der Waals surface area contributed by atoms with Gasteiger partial charge in [-0.25, -0.2) is 4.98 Å². The molecule has 3 aromatic rings. The molecular formula is C16H14N2O3. The molecule has 1 aliphatic rings. The number of nitrogens with zero attached hydrogens (tertiary/aromatic N) is 2. The smallest absolute Gasteiger partial charge is 0.231 e. The van der Waals surface area contributed by atoms with Crippen LogP contribution in [0.4, 0.5) is 0 Å². The fourth-order valence-corrected chi connectivity index (χ4v) is 2.57. The van der Waals surface area contributed by atoms with E-state index in [4.69, 9.17) is 9.47 Å². The molecule has 1 N–H and O–H groups in total. The monoisotopic (exact) mass is 282 g/mol. The Hall–Kier alpha value is -2.53. The van der Waals surface area contributed by atoms with Gasteiger partial charge in [-0.3, -0.25) is 0 Å². The third-order valence-electron chi connectivity index (χ3n) is 3.68. The fourth-order valence-electron chi connectivity index (χ4n) is 2.57. The highest BCUT2D eigenvalue weighted by atomic mass is 16.7. The molecule has 0 spiro atoms. The summed E-state index contributed by atoms with van der Waals surface area (Å²) in [6.07, 6.45) is 1.12. The average Bonchev–Trinajstić information content (AvgIpc) is 3.13. The minimum absolute atomic E-state index is 0.237. The van der Waals surface area contributed by atoms with Gasteiger partial charge in [0, 0.05) is 0 Å². The molecule has 21 heavy (non-hydrogen) atoms. The van der Waals surface area contributed by atoms with Crippen molar-refractivity contribution in [3.8, 4) is 11.5 Å². The van der Waals surface area contributed by atoms with Crippen molar-refractivity contribution in [1.29, 1.82) is 0 Å². The summed E-state index contributed by atoms with van der Waals surface area (Å²) in [7, 11) is 0. The number of fused-ring (bicyclic) bond motifs is 2. The molecular weight excluding hydrogens is 268 g/mol. The summed E-state index contributed by atoms with van der Waals surface area (Å²) in [5, 5.41) is 10.4. The highest BCUT2D eigenvalue weighted by Crippen LogP contribution is 2.34. The van der Waals surface area contributed by atoms with E-state index in [0.717, 1.165) is 22.3 Å². The topological polar surface area (TPSA) is 56.5 Å². The minimum Gasteiger partial charge on any atom is -0.454 e. The maximum atomic E-state index is 10.4. The van der Waals surface area contributed by atoms with Crippen molar-refractivity contribution >= 4 is 11.0 Å². The van der Waals surface area contributed by atoms with Gasteiger partial charge in [-0.2, -0.15) is 0 Å². The number of rotatable bonds is 3. The molecule has 4 rings (SSSR count). The first kappa shape index (κ1) is 12.2. The van der Waals surface area contributed by atoms with E-state index in [1.165, 1.54) is 0 Å². The number of hydrogen-bond acceptors (Lipinski definition) is 4. The van der Waals surface area contributed by atoms with Crippen LogP contribution in [0, 0.1) is 0 Å². The first-order chi connectivity index (χ1) is 10.3. The summed E-state index contributed by atoms with van der Waals surface area (Å²) in [4.78, 5) is 4.33. The quantitative estimate of drug-likeness (QED) is 0.802. The zero-order valence-electron chi connectivity index (χ0n) is 11.3. The number of benzene rings is 2. The molecule has 5 nitrogen and oxygen atoms in total. The summed E-state index contributed by atoms with van der Waals surface area (Å²) in [5.41, 5.74) is 2.74. The van der Waals surface area contributed by atoms with E-state index in [2.05, 4.69) is 4.98 Å². The molecule has 0 amide bonds. The van der Waals surface area contributed by atoms with Gasteiger partial charge >= 0.3 is 0 Å². The molecule has 106 valence electrons. The van der Waals surface area contributed by atoms with Gasteiger partial charge in [-0.15, -0.1) is 0 Å². The zero-order chi connectivity index (χ0) is 14.2. The lowest BCUT2D eigenvalue weighted by Crippen LogP contribution is -2.07. The van der Waals surface area contributed by atoms with Gasteiger partial charge in [0.15, 0.2) is 11.5 Å². The second-order valence-electron chi connectivity index (χ2n) is 5.01. The number of aromatic nitrogens is 2. The normalized spacial score (nSPS) is 14.5. The molecule has 1 aliphatic heterocycles. The van der Waals surface area contributed by atoms with Gasteiger partial charge in [0.2, 0.25) is 6.79 Å². The molecule has 1 atom stereocenters. The van der Waals surface area contributed by atoms with Gasteiger partial charge < -0.3 is 19.1 Å². The Balaban J connectivity index is 1.62. The second kappa shape index (κ2) is 4.79. The lowest BCUT2D eigenvalue weighted by Gasteiger charge is -2.13. The molecule has 0 aliphatic carbocycles. The Morgan fingerprint density at radius 2 is 2.00 bits per heavy atom. The Bertz CT molecular complexity index is 797. The molecule has 2 heterocycles. The molecule has 0 bridgehead atoms. The van der Waals surface area contributed by atoms with Gasteiger partial charge in [0.25, 0.3) is 0 Å². The van der Waals surface area contributed by atoms with E-state index in [1.54, 1.807) is 6.33 Å². The maximum Gasteiger partial charge on any atom is 0.231 e. The summed E-state index contributed by atoms with van der Waals surface area (Å²) < 4.78 is 12.6. The summed E-state index contributed by atoms with van der Waals surface area (Å²) in [6.45, 7) is 0.682. The third-order valence-corrected chi connectivity index (χ3v) is 3.68. The third kappa shape index (κ3) is 2.11. The van der Waals surface area contributed by atoms with E-state index in [0.29, 0.717) is 12.3 Å². The van der Waals surface area contributed by atoms with Crippen molar-refractivity contribution in [2.24, 2.45) is 0 Å². The van der Waals surface area contributed by atoms with E-state index in [-0.39, 0.29) is 6.79 Å². The number of imidazole rings is 1. The average molecular weight is 282 g/mol. The Morgan fingerprint density at radius 1 is 1.14 bits per heavy atom. The molecule has 0 unspecified atom stereocenters. The molecule has 0 saturated carbocycles. The van der Waals surface area contributed by atoms with Crippen LogP contribution in [0.3, 0.4) is 0 Å². The van der Waals surface area contributed by atoms with Crippen LogP contribution >= 0.6 is 0 Å². The van der Waals surface area contributed by atoms with Gasteiger partial charge in [0.1, 0.15) is 0 Å². The minimum atomic E-state index is -0.628. The second-order valence-corrected chi connectivity index (χ2v) is 5.01. The number of hydrogen-bond donors (Lipinski definition) is 1. The lowest BCUT2D eigenvalue weighted by molar-refractivity contribution is 0.157. The van der Waals surface area contributed by atoms with Crippen LogP contribution < -0.4 is 9.47 Å². The van der Waals surface area contributed by atoms with Crippen LogP contribution in [0.15, 0.2) is 48.8 Å². The summed E-state index contributed by atoms with van der Waals surface area (Å²) in [5.74, 6) is 1.40. The van der Waals surface area contributed by atoms with Crippen molar-refractivity contribution in [3.63, 3.8) is 0 Å². The van der Waals surface area contributed by atoms with Crippen molar-refractivity contribution in [3.05, 3.63) is 54.4 Å². The summed E-state index contributed by atoms with van der Waals surface area (Å²) in [6, 6.07) is 13.4. The molecule has 5 heteroatoms. The van der Waals surface area contributed by atoms with Gasteiger partial charge in [0.05, 0.1) is 30.0 Å². The Labute approximate surface area is 121 Å². The van der Waals surface area contributed by atoms with Crippen LogP contribution in [-0.2, 0) is 6.54 Å². The van der Waals surface area contributed by atoms with Crippen LogP contribution in [0.25, 0.3) is 11.0 Å². The SMILES string of the molecule is O[C@@H](Cn1cnc2ccccc21)c1ccc2c(c1)OCO2. The van der Waals surface area contributed by atoms with Crippen LogP contribution in [0.1, 0.15) is 11.7 Å². The largest absolute Gasteiger partial charge is 0.454 e. The molecule has 0 saturated heterocycles. The number of ether oxygens (including phenoxy) is 2. The highest BCUT2D eigenvalue weighted by molar-refractivity contribution is 5.74. The Kier molecular flexibility index (Phi) is 2.79. The number of aliphatic hydroxyl groups is 1. The van der Waals surface area contributed by atoms with Crippen molar-refractivity contribution in [2.75, 3.05) is 6.79 Å². The van der Waals surface area contributed by atoms with Crippen LogP contribution in [-0.4, -0.2) is 21.5 Å². The van der Waals surface area contributed by atoms with Crippen molar-refractivity contribution in [1.82, 2.24) is 9.55 Å². The number of aliphatic hydroxyl groups excluding tert-OH is 1. The predicted octanol–water partition coefficient (Wildman–Crippen LogP) is 2.50. The van der Waals surface area contributed by atoms with Crippen molar-refractivity contribution < 1.29 is 14.6 Å². The lowest BCUT2D eigenvalue weighted by atomic mass is 10.1. The van der Waals surface area contributed by atoms with Gasteiger partial charge in [-0.05, 0) is 29.8 Å². The Morgan fingerprint density at radius 3 is 2.95 bits per heavy atom. The maximum absolute atomic E-state index is 10.4. The zero-order valence-corrected chi connectivity index (χ0v) is 11.3. The summed E-state index contributed by atoms with van der Waals surface area (Å²) >= 11 is 0. The van der Waals surface area contributed by atoms with E-state index < -0.39 is 6.10 Å². The van der Waals surface area contributed by atoms with Gasteiger partial charge in [-0.1, -0.05) is 18.2 Å². The standard InChI is InChI=1S/C16H14N2O3/c19-14(11-5-6-15-16(7-11)21-10-20-15)8-18-9-17-12-3-1-2-4-13(12)18/h1-7,9,14,19H,8,10H2/t14-/m0/s1. The van der Waals surface area contributed by atoms with Crippen LogP contribution in [0.2, 0.25) is 0 Å². The first-order valence-electron chi connectivity index (χ1n) is 6.79. The fraction of sp³-hybridized carbons (Fsp3) is 0.188. The van der Waals surface area contributed by atoms with E-state index >= 15 is 0 Å². The first-order valence-corrected chi connectivity index (χ1v) is 6.79. The highest BCUT2D eigenvalue weighted by Gasteiger charge is 2.17. The van der Waals surface area contributed by atoms with E-state index in [9.17, 15) is 5.11 Å². The molecule has 0 radical (unpaired) electrons. The number of para-hydroxylation sites is 2. The predicted molar refractivity (Wildman–Crippen MR) is 77.3 cm³/mol. The molecule has 2 aromatic carbocycles. The molecule has 1 aromatic heterocycles. The molecule has 0 fully saturated rings. The van der Waals surface area contributed by atoms with Crippen LogP contribution in [0.5, 0.6) is 11.5 Å². The van der Waals surface area contributed by atoms with Crippen molar-refractivity contribution in [2.45, 2.75) is 12.6 Å². The van der Waals surface area contributed by atoms with E-state index in [1.807, 2.05) is 47.0 Å².